The minimum atomic E-state index is -0.881. The van der Waals surface area contributed by atoms with Gasteiger partial charge in [-0.15, -0.1) is 0 Å². The highest BCUT2D eigenvalue weighted by Crippen LogP contribution is 2.31. The minimum Gasteiger partial charge on any atom is -0.386 e. The highest BCUT2D eigenvalue weighted by atomic mass is 19.1. The van der Waals surface area contributed by atoms with E-state index in [9.17, 15) is 14.3 Å². The van der Waals surface area contributed by atoms with Gasteiger partial charge in [-0.05, 0) is 46.2 Å². The Morgan fingerprint density at radius 3 is 2.85 bits per heavy atom. The molecule has 0 spiro atoms. The van der Waals surface area contributed by atoms with Crippen LogP contribution < -0.4 is 10.7 Å². The molecule has 0 aliphatic carbocycles. The highest BCUT2D eigenvalue weighted by Gasteiger charge is 2.43. The standard InChI is InChI=1S/C24H27FN4O4/c1-11(2)29-13(4)12(3)21(30)16-6-5-14(7-19(16)29)20-17(25)9-26-24(28-20)27-18-8-15-10-32-23(33-15)22(18)31/h5-7,9,11,15,18,22-23,31H,8,10H2,1-4H3,(H,26,27,28)/t15-,18+,22-,23+/m0/s1. The van der Waals surface area contributed by atoms with Crippen molar-refractivity contribution in [1.82, 2.24) is 14.5 Å². The SMILES string of the molecule is Cc1c(C)n(C(C)C)c2cc(-c3nc(N[C@@H]4C[C@H]5CO[C@H](O5)[C@H]4O)ncc3F)ccc2c1=O. The second kappa shape index (κ2) is 8.16. The zero-order chi connectivity index (χ0) is 23.4. The molecule has 0 unspecified atom stereocenters. The number of fused-ring (bicyclic) bond motifs is 3. The van der Waals surface area contributed by atoms with Crippen molar-refractivity contribution in [3.8, 4) is 11.3 Å². The molecule has 9 heteroatoms. The number of aromatic nitrogens is 3. The van der Waals surface area contributed by atoms with Crippen LogP contribution in [0.15, 0.2) is 29.2 Å². The van der Waals surface area contributed by atoms with E-state index in [4.69, 9.17) is 9.47 Å². The Hall–Kier alpha value is -2.88. The van der Waals surface area contributed by atoms with Crippen molar-refractivity contribution in [2.75, 3.05) is 11.9 Å². The summed E-state index contributed by atoms with van der Waals surface area (Å²) < 4.78 is 27.9. The first-order chi connectivity index (χ1) is 15.7. The van der Waals surface area contributed by atoms with Crippen LogP contribution in [0.1, 0.15) is 37.6 Å². The lowest BCUT2D eigenvalue weighted by Gasteiger charge is -2.32. The van der Waals surface area contributed by atoms with Crippen molar-refractivity contribution in [2.24, 2.45) is 0 Å². The van der Waals surface area contributed by atoms with Gasteiger partial charge in [0.05, 0.1) is 30.5 Å². The van der Waals surface area contributed by atoms with Crippen molar-refractivity contribution in [1.29, 1.82) is 0 Å². The molecule has 2 bridgehead atoms. The van der Waals surface area contributed by atoms with E-state index in [1.807, 2.05) is 27.7 Å². The second-order valence-electron chi connectivity index (χ2n) is 9.06. The summed E-state index contributed by atoms with van der Waals surface area (Å²) >= 11 is 0. The van der Waals surface area contributed by atoms with Gasteiger partial charge in [0.2, 0.25) is 5.95 Å². The van der Waals surface area contributed by atoms with Crippen LogP contribution >= 0.6 is 0 Å². The molecule has 5 rings (SSSR count). The van der Waals surface area contributed by atoms with Crippen LogP contribution in [0.3, 0.4) is 0 Å². The molecule has 2 aliphatic heterocycles. The summed E-state index contributed by atoms with van der Waals surface area (Å²) in [6, 6.07) is 4.97. The smallest absolute Gasteiger partial charge is 0.223 e. The van der Waals surface area contributed by atoms with Gasteiger partial charge >= 0.3 is 0 Å². The van der Waals surface area contributed by atoms with Crippen molar-refractivity contribution in [3.05, 3.63) is 51.7 Å². The van der Waals surface area contributed by atoms with Gasteiger partial charge in [-0.1, -0.05) is 6.07 Å². The highest BCUT2D eigenvalue weighted by molar-refractivity contribution is 5.85. The van der Waals surface area contributed by atoms with Crippen molar-refractivity contribution < 1.29 is 19.0 Å². The Morgan fingerprint density at radius 2 is 2.09 bits per heavy atom. The van der Waals surface area contributed by atoms with Crippen LogP contribution in [-0.2, 0) is 9.47 Å². The van der Waals surface area contributed by atoms with Crippen molar-refractivity contribution >= 4 is 16.9 Å². The Kier molecular flexibility index (Phi) is 5.43. The first-order valence-corrected chi connectivity index (χ1v) is 11.1. The number of nitrogens with one attached hydrogen (secondary N) is 1. The maximum absolute atomic E-state index is 14.8. The Balaban J connectivity index is 1.55. The maximum atomic E-state index is 14.8. The maximum Gasteiger partial charge on any atom is 0.223 e. The number of pyridine rings is 1. The quantitative estimate of drug-likeness (QED) is 0.625. The van der Waals surface area contributed by atoms with Crippen LogP contribution in [0, 0.1) is 19.7 Å². The molecule has 0 saturated carbocycles. The molecule has 2 fully saturated rings. The van der Waals surface area contributed by atoms with E-state index in [2.05, 4.69) is 19.9 Å². The normalized spacial score (nSPS) is 24.6. The molecule has 174 valence electrons. The fourth-order valence-electron chi connectivity index (χ4n) is 4.80. The zero-order valence-corrected chi connectivity index (χ0v) is 19.0. The number of anilines is 1. The summed E-state index contributed by atoms with van der Waals surface area (Å²) in [6.45, 7) is 8.28. The lowest BCUT2D eigenvalue weighted by atomic mass is 10.0. The topological polar surface area (TPSA) is 98.5 Å². The van der Waals surface area contributed by atoms with Crippen LogP contribution in [-0.4, -0.2) is 50.8 Å². The predicted octanol–water partition coefficient (Wildman–Crippen LogP) is 3.08. The van der Waals surface area contributed by atoms with Gasteiger partial charge in [0.15, 0.2) is 17.5 Å². The molecular formula is C24H27FN4O4. The van der Waals surface area contributed by atoms with Gasteiger partial charge < -0.3 is 24.5 Å². The van der Waals surface area contributed by atoms with Crippen LogP contribution in [0.5, 0.6) is 0 Å². The fourth-order valence-corrected chi connectivity index (χ4v) is 4.80. The zero-order valence-electron chi connectivity index (χ0n) is 19.0. The van der Waals surface area contributed by atoms with Gasteiger partial charge in [0.1, 0.15) is 11.8 Å². The third-order valence-electron chi connectivity index (χ3n) is 6.58. The Bertz CT molecular complexity index is 1290. The molecule has 4 heterocycles. The summed E-state index contributed by atoms with van der Waals surface area (Å²) in [4.78, 5) is 21.3. The largest absolute Gasteiger partial charge is 0.386 e. The van der Waals surface area contributed by atoms with Crippen LogP contribution in [0.4, 0.5) is 10.3 Å². The van der Waals surface area contributed by atoms with E-state index in [1.165, 1.54) is 0 Å². The number of halogens is 1. The number of hydrogen-bond acceptors (Lipinski definition) is 7. The summed E-state index contributed by atoms with van der Waals surface area (Å²) in [5, 5.41) is 14.2. The molecule has 0 amide bonds. The molecule has 2 aliphatic rings. The Labute approximate surface area is 190 Å². The van der Waals surface area contributed by atoms with Gasteiger partial charge in [-0.25, -0.2) is 14.4 Å². The third kappa shape index (κ3) is 3.70. The number of aliphatic hydroxyl groups excluding tert-OH is 1. The first kappa shape index (κ1) is 21.9. The monoisotopic (exact) mass is 454 g/mol. The number of rotatable bonds is 4. The summed E-state index contributed by atoms with van der Waals surface area (Å²) in [5.41, 5.74) is 2.96. The van der Waals surface area contributed by atoms with E-state index in [-0.39, 0.29) is 35.3 Å². The lowest BCUT2D eigenvalue weighted by molar-refractivity contribution is -0.156. The van der Waals surface area contributed by atoms with Crippen LogP contribution in [0.2, 0.25) is 0 Å². The number of ether oxygens (including phenoxy) is 2. The Morgan fingerprint density at radius 1 is 1.30 bits per heavy atom. The van der Waals surface area contributed by atoms with Crippen molar-refractivity contribution in [2.45, 2.75) is 64.7 Å². The molecule has 8 nitrogen and oxygen atoms in total. The van der Waals surface area contributed by atoms with E-state index in [0.29, 0.717) is 29.5 Å². The lowest BCUT2D eigenvalue weighted by Crippen LogP contribution is -2.48. The average Bonchev–Trinajstić information content (AvgIpc) is 3.20. The van der Waals surface area contributed by atoms with Gasteiger partial charge in [0.25, 0.3) is 0 Å². The summed E-state index contributed by atoms with van der Waals surface area (Å²) in [6.07, 6.45) is -0.0185. The minimum absolute atomic E-state index is 0.0261. The molecule has 1 aromatic carbocycles. The molecule has 33 heavy (non-hydrogen) atoms. The van der Waals surface area contributed by atoms with E-state index < -0.39 is 18.2 Å². The van der Waals surface area contributed by atoms with Gasteiger partial charge in [-0.2, -0.15) is 0 Å². The molecule has 4 atom stereocenters. The second-order valence-corrected chi connectivity index (χ2v) is 9.06. The molecule has 2 N–H and O–H groups in total. The number of nitrogens with zero attached hydrogens (tertiary/aromatic N) is 3. The molecule has 2 aromatic heterocycles. The van der Waals surface area contributed by atoms with Gasteiger partial charge in [0, 0.05) is 28.2 Å². The molecule has 0 radical (unpaired) electrons. The van der Waals surface area contributed by atoms with Crippen LogP contribution in [0.25, 0.3) is 22.2 Å². The molecule has 2 saturated heterocycles. The third-order valence-corrected chi connectivity index (χ3v) is 6.58. The molecular weight excluding hydrogens is 427 g/mol. The number of hydrogen-bond donors (Lipinski definition) is 2. The van der Waals surface area contributed by atoms with E-state index in [0.717, 1.165) is 17.4 Å². The molecule has 3 aromatic rings. The number of aliphatic hydroxyl groups is 1. The van der Waals surface area contributed by atoms with Gasteiger partial charge in [-0.3, -0.25) is 4.79 Å². The van der Waals surface area contributed by atoms with E-state index in [1.54, 1.807) is 18.2 Å². The first-order valence-electron chi connectivity index (χ1n) is 11.1. The average molecular weight is 455 g/mol. The number of benzene rings is 1. The fraction of sp³-hybridized carbons (Fsp3) is 0.458. The predicted molar refractivity (Wildman–Crippen MR) is 122 cm³/mol. The summed E-state index contributed by atoms with van der Waals surface area (Å²) in [7, 11) is 0. The summed E-state index contributed by atoms with van der Waals surface area (Å²) in [5.74, 6) is -0.365. The van der Waals surface area contributed by atoms with E-state index >= 15 is 0 Å². The van der Waals surface area contributed by atoms with Crippen molar-refractivity contribution in [3.63, 3.8) is 0 Å².